The summed E-state index contributed by atoms with van der Waals surface area (Å²) in [6, 6.07) is 5.16. The minimum atomic E-state index is -0.316. The normalized spacial score (nSPS) is 17.5. The molecule has 1 heterocycles. The summed E-state index contributed by atoms with van der Waals surface area (Å²) in [6.45, 7) is 8.99. The molecule has 0 unspecified atom stereocenters. The molecule has 1 aromatic carbocycles. The molecule has 0 aromatic heterocycles. The standard InChI is InChI=1S/C20H31N3O3/c1-14-16(18(24)22-20(2,3)4)10-8-11-17(14)21-19(25)23(5)13-15-9-6-7-12-26-15/h8,10-11,15H,6-7,9,12-13H2,1-5H3,(H,21,25)(H,22,24)/t15-/m1/s1. The number of anilines is 1. The Bertz CT molecular complexity index is 646. The van der Waals surface area contributed by atoms with Crippen LogP contribution in [0.4, 0.5) is 10.5 Å². The number of carbonyl (C=O) groups is 2. The van der Waals surface area contributed by atoms with Gasteiger partial charge in [-0.25, -0.2) is 4.79 Å². The molecule has 2 N–H and O–H groups in total. The summed E-state index contributed by atoms with van der Waals surface area (Å²) >= 11 is 0. The van der Waals surface area contributed by atoms with Gasteiger partial charge in [-0.3, -0.25) is 4.79 Å². The Morgan fingerprint density at radius 1 is 1.27 bits per heavy atom. The maximum atomic E-state index is 12.5. The van der Waals surface area contributed by atoms with Gasteiger partial charge >= 0.3 is 6.03 Å². The van der Waals surface area contributed by atoms with Crippen LogP contribution in [-0.4, -0.2) is 48.7 Å². The van der Waals surface area contributed by atoms with E-state index in [0.717, 1.165) is 31.4 Å². The number of ether oxygens (including phenoxy) is 1. The second-order valence-electron chi connectivity index (χ2n) is 7.98. The molecule has 1 aliphatic rings. The third-order valence-corrected chi connectivity index (χ3v) is 4.41. The topological polar surface area (TPSA) is 70.7 Å². The minimum Gasteiger partial charge on any atom is -0.376 e. The van der Waals surface area contributed by atoms with Gasteiger partial charge in [0, 0.05) is 37.0 Å². The monoisotopic (exact) mass is 361 g/mol. The van der Waals surface area contributed by atoms with Crippen molar-refractivity contribution >= 4 is 17.6 Å². The fraction of sp³-hybridized carbons (Fsp3) is 0.600. The fourth-order valence-corrected chi connectivity index (χ4v) is 2.98. The first-order chi connectivity index (χ1) is 12.2. The van der Waals surface area contributed by atoms with Gasteiger partial charge in [0.05, 0.1) is 6.10 Å². The summed E-state index contributed by atoms with van der Waals surface area (Å²) in [5, 5.41) is 5.86. The van der Waals surface area contributed by atoms with Gasteiger partial charge in [0.25, 0.3) is 5.91 Å². The van der Waals surface area contributed by atoms with Crippen LogP contribution in [0.5, 0.6) is 0 Å². The molecule has 0 aliphatic carbocycles. The first-order valence-electron chi connectivity index (χ1n) is 9.23. The van der Waals surface area contributed by atoms with E-state index in [1.165, 1.54) is 0 Å². The molecule has 1 saturated heterocycles. The van der Waals surface area contributed by atoms with E-state index in [2.05, 4.69) is 10.6 Å². The summed E-state index contributed by atoms with van der Waals surface area (Å²) in [7, 11) is 1.76. The van der Waals surface area contributed by atoms with E-state index in [-0.39, 0.29) is 23.6 Å². The Hall–Kier alpha value is -2.08. The number of nitrogens with one attached hydrogen (secondary N) is 2. The summed E-state index contributed by atoms with van der Waals surface area (Å²) < 4.78 is 5.70. The quantitative estimate of drug-likeness (QED) is 0.861. The molecule has 1 aromatic rings. The van der Waals surface area contributed by atoms with Crippen LogP contribution in [0.2, 0.25) is 0 Å². The Kier molecular flexibility index (Phi) is 6.64. The number of benzene rings is 1. The van der Waals surface area contributed by atoms with E-state index in [9.17, 15) is 9.59 Å². The first kappa shape index (κ1) is 20.2. The van der Waals surface area contributed by atoms with Crippen LogP contribution in [0.3, 0.4) is 0 Å². The van der Waals surface area contributed by atoms with Crippen molar-refractivity contribution in [3.05, 3.63) is 29.3 Å². The number of hydrogen-bond acceptors (Lipinski definition) is 3. The molecular weight excluding hydrogens is 330 g/mol. The van der Waals surface area contributed by atoms with E-state index >= 15 is 0 Å². The molecule has 1 atom stereocenters. The lowest BCUT2D eigenvalue weighted by Gasteiger charge is -2.27. The number of carbonyl (C=O) groups excluding carboxylic acids is 2. The third kappa shape index (κ3) is 5.73. The van der Waals surface area contributed by atoms with Crippen molar-refractivity contribution in [2.45, 2.75) is 58.6 Å². The van der Waals surface area contributed by atoms with Crippen molar-refractivity contribution in [2.24, 2.45) is 0 Å². The van der Waals surface area contributed by atoms with Crippen LogP contribution in [0.25, 0.3) is 0 Å². The van der Waals surface area contributed by atoms with Gasteiger partial charge in [0.1, 0.15) is 0 Å². The van der Waals surface area contributed by atoms with Crippen LogP contribution in [-0.2, 0) is 4.74 Å². The number of hydrogen-bond donors (Lipinski definition) is 2. The zero-order chi connectivity index (χ0) is 19.3. The average Bonchev–Trinajstić information content (AvgIpc) is 2.56. The molecule has 144 valence electrons. The van der Waals surface area contributed by atoms with Crippen LogP contribution in [0.15, 0.2) is 18.2 Å². The molecule has 3 amide bonds. The Morgan fingerprint density at radius 2 is 2.00 bits per heavy atom. The smallest absolute Gasteiger partial charge is 0.321 e. The molecule has 2 rings (SSSR count). The number of nitrogens with zero attached hydrogens (tertiary/aromatic N) is 1. The fourth-order valence-electron chi connectivity index (χ4n) is 2.98. The predicted molar refractivity (Wildman–Crippen MR) is 104 cm³/mol. The zero-order valence-corrected chi connectivity index (χ0v) is 16.5. The lowest BCUT2D eigenvalue weighted by Crippen LogP contribution is -2.41. The lowest BCUT2D eigenvalue weighted by molar-refractivity contribution is 0.00463. The van der Waals surface area contributed by atoms with Crippen molar-refractivity contribution in [1.82, 2.24) is 10.2 Å². The molecule has 1 fully saturated rings. The Labute approximate surface area is 156 Å². The van der Waals surface area contributed by atoms with Crippen molar-refractivity contribution < 1.29 is 14.3 Å². The number of amides is 3. The van der Waals surface area contributed by atoms with Gasteiger partial charge in [0.2, 0.25) is 0 Å². The van der Waals surface area contributed by atoms with E-state index in [0.29, 0.717) is 17.8 Å². The number of likely N-dealkylation sites (N-methyl/N-ethyl adjacent to an activating group) is 1. The summed E-state index contributed by atoms with van der Waals surface area (Å²) in [6.07, 6.45) is 3.32. The summed E-state index contributed by atoms with van der Waals surface area (Å²) in [5.74, 6) is -0.143. The molecule has 6 heteroatoms. The highest BCUT2D eigenvalue weighted by atomic mass is 16.5. The SMILES string of the molecule is Cc1c(NC(=O)N(C)C[C@H]2CCCCO2)cccc1C(=O)NC(C)(C)C. The summed E-state index contributed by atoms with van der Waals surface area (Å²) in [4.78, 5) is 26.6. The number of rotatable bonds is 4. The molecular formula is C20H31N3O3. The van der Waals surface area contributed by atoms with Crippen molar-refractivity contribution in [3.8, 4) is 0 Å². The maximum Gasteiger partial charge on any atom is 0.321 e. The van der Waals surface area contributed by atoms with E-state index in [1.807, 2.05) is 33.8 Å². The second kappa shape index (κ2) is 8.54. The molecule has 0 bridgehead atoms. The lowest BCUT2D eigenvalue weighted by atomic mass is 10.0. The predicted octanol–water partition coefficient (Wildman–Crippen LogP) is 3.56. The van der Waals surface area contributed by atoms with Gasteiger partial charge < -0.3 is 20.3 Å². The van der Waals surface area contributed by atoms with Gasteiger partial charge in [-0.15, -0.1) is 0 Å². The number of urea groups is 1. The molecule has 0 spiro atoms. The van der Waals surface area contributed by atoms with Gasteiger partial charge in [-0.2, -0.15) is 0 Å². The second-order valence-corrected chi connectivity index (χ2v) is 7.98. The highest BCUT2D eigenvalue weighted by molar-refractivity contribution is 5.99. The van der Waals surface area contributed by atoms with Gasteiger partial charge in [-0.1, -0.05) is 6.07 Å². The largest absolute Gasteiger partial charge is 0.376 e. The van der Waals surface area contributed by atoms with Gasteiger partial charge in [0.15, 0.2) is 0 Å². The van der Waals surface area contributed by atoms with Crippen molar-refractivity contribution in [2.75, 3.05) is 25.5 Å². The van der Waals surface area contributed by atoms with Crippen LogP contribution >= 0.6 is 0 Å². The van der Waals surface area contributed by atoms with E-state index < -0.39 is 0 Å². The zero-order valence-electron chi connectivity index (χ0n) is 16.5. The Balaban J connectivity index is 2.03. The molecule has 6 nitrogen and oxygen atoms in total. The highest BCUT2D eigenvalue weighted by Gasteiger charge is 2.21. The molecule has 0 saturated carbocycles. The van der Waals surface area contributed by atoms with Crippen molar-refractivity contribution in [1.29, 1.82) is 0 Å². The summed E-state index contributed by atoms with van der Waals surface area (Å²) in [5.41, 5.74) is 1.65. The maximum absolute atomic E-state index is 12.5. The molecule has 26 heavy (non-hydrogen) atoms. The Morgan fingerprint density at radius 3 is 2.62 bits per heavy atom. The third-order valence-electron chi connectivity index (χ3n) is 4.41. The van der Waals surface area contributed by atoms with Crippen molar-refractivity contribution in [3.63, 3.8) is 0 Å². The molecule has 1 aliphatic heterocycles. The van der Waals surface area contributed by atoms with Crippen LogP contribution in [0.1, 0.15) is 56.0 Å². The van der Waals surface area contributed by atoms with Crippen LogP contribution < -0.4 is 10.6 Å². The van der Waals surface area contributed by atoms with E-state index in [1.54, 1.807) is 24.1 Å². The first-order valence-corrected chi connectivity index (χ1v) is 9.23. The molecule has 0 radical (unpaired) electrons. The average molecular weight is 361 g/mol. The highest BCUT2D eigenvalue weighted by Crippen LogP contribution is 2.20. The van der Waals surface area contributed by atoms with E-state index in [4.69, 9.17) is 4.74 Å². The van der Waals surface area contributed by atoms with Crippen LogP contribution in [0, 0.1) is 6.92 Å². The minimum absolute atomic E-state index is 0.101. The van der Waals surface area contributed by atoms with Gasteiger partial charge in [-0.05, 0) is 64.7 Å².